The molecule has 0 heterocycles. The summed E-state index contributed by atoms with van der Waals surface area (Å²) in [6.45, 7) is 4.69. The van der Waals surface area contributed by atoms with Crippen LogP contribution in [0.3, 0.4) is 0 Å². The number of unbranched alkanes of at least 4 members (excludes halogenated alkanes) is 9. The Balaban J connectivity index is 2.01. The van der Waals surface area contributed by atoms with E-state index in [1.54, 1.807) is 0 Å². The van der Waals surface area contributed by atoms with Crippen LogP contribution in [0.2, 0.25) is 0 Å². The first-order valence-electron chi connectivity index (χ1n) is 10.2. The van der Waals surface area contributed by atoms with Crippen molar-refractivity contribution in [3.8, 4) is 0 Å². The van der Waals surface area contributed by atoms with E-state index in [1.807, 2.05) is 0 Å². The number of hydrogen-bond acceptors (Lipinski definition) is 0. The molecule has 1 rings (SSSR count). The Morgan fingerprint density at radius 2 is 1.29 bits per heavy atom. The van der Waals surface area contributed by atoms with Gasteiger partial charge in [-0.05, 0) is 24.5 Å². The van der Waals surface area contributed by atoms with Crippen LogP contribution in [-0.4, -0.2) is 31.7 Å². The van der Waals surface area contributed by atoms with Crippen molar-refractivity contribution in [1.82, 2.24) is 0 Å². The monoisotopic (exact) mass is 330 g/mol. The van der Waals surface area contributed by atoms with E-state index >= 15 is 0 Å². The third-order valence-corrected chi connectivity index (χ3v) is 4.83. The van der Waals surface area contributed by atoms with Crippen molar-refractivity contribution in [2.24, 2.45) is 0 Å². The van der Waals surface area contributed by atoms with Gasteiger partial charge in [0.1, 0.15) is 0 Å². The summed E-state index contributed by atoms with van der Waals surface area (Å²) in [5.41, 5.74) is 1.30. The van der Waals surface area contributed by atoms with Gasteiger partial charge in [-0.1, -0.05) is 94.7 Å². The molecule has 0 amide bonds. The van der Waals surface area contributed by atoms with Crippen LogP contribution >= 0.6 is 0 Å². The average molecular weight is 331 g/mol. The molecule has 0 aromatic heterocycles. The summed E-state index contributed by atoms with van der Waals surface area (Å²) in [7, 11) is 4.70. The van der Waals surface area contributed by atoms with Crippen LogP contribution in [0.1, 0.15) is 76.7 Å². The fraction of sp³-hybridized carbons (Fsp3) is 0.652. The molecule has 1 nitrogen and oxygen atoms in total. The summed E-state index contributed by atoms with van der Waals surface area (Å²) in [4.78, 5) is 0. The first-order chi connectivity index (χ1) is 11.6. The average Bonchev–Trinajstić information content (AvgIpc) is 2.57. The standard InChI is InChI=1S/C23H40N/c1-4-5-6-7-8-9-10-11-12-16-21-24(2,3)22-17-20-23-18-14-13-15-19-23/h13-15,17-20H,4-12,16,21-22H2,1-3H3/q+1. The van der Waals surface area contributed by atoms with Gasteiger partial charge in [0.25, 0.3) is 0 Å². The molecule has 0 aliphatic rings. The summed E-state index contributed by atoms with van der Waals surface area (Å²) in [6.07, 6.45) is 18.8. The molecule has 0 saturated carbocycles. The molecule has 1 aromatic rings. The molecular formula is C23H40N+. The third kappa shape index (κ3) is 11.5. The minimum Gasteiger partial charge on any atom is -0.325 e. The number of likely N-dealkylation sites (N-methyl/N-ethyl adjacent to an activating group) is 1. The lowest BCUT2D eigenvalue weighted by atomic mass is 10.1. The van der Waals surface area contributed by atoms with E-state index in [9.17, 15) is 0 Å². The molecular weight excluding hydrogens is 290 g/mol. The Labute approximate surface area is 151 Å². The maximum absolute atomic E-state index is 2.35. The first-order valence-corrected chi connectivity index (χ1v) is 10.2. The highest BCUT2D eigenvalue weighted by atomic mass is 15.3. The van der Waals surface area contributed by atoms with E-state index in [4.69, 9.17) is 0 Å². The highest BCUT2D eigenvalue weighted by molar-refractivity contribution is 5.48. The van der Waals surface area contributed by atoms with Gasteiger partial charge in [0, 0.05) is 0 Å². The molecule has 0 bridgehead atoms. The number of quaternary nitrogens is 1. The van der Waals surface area contributed by atoms with Crippen molar-refractivity contribution < 1.29 is 4.48 Å². The summed E-state index contributed by atoms with van der Waals surface area (Å²) in [6, 6.07) is 10.6. The molecule has 0 atom stereocenters. The lowest BCUT2D eigenvalue weighted by Crippen LogP contribution is -2.40. The Morgan fingerprint density at radius 3 is 1.88 bits per heavy atom. The van der Waals surface area contributed by atoms with Crippen LogP contribution in [0.25, 0.3) is 6.08 Å². The molecule has 0 unspecified atom stereocenters. The van der Waals surface area contributed by atoms with Crippen molar-refractivity contribution in [2.45, 2.75) is 71.1 Å². The molecule has 0 N–H and O–H groups in total. The number of hydrogen-bond donors (Lipinski definition) is 0. The zero-order chi connectivity index (χ0) is 17.5. The van der Waals surface area contributed by atoms with Gasteiger partial charge in [0.05, 0.1) is 27.2 Å². The fourth-order valence-electron chi connectivity index (χ4n) is 3.16. The van der Waals surface area contributed by atoms with E-state index in [0.717, 1.165) is 11.0 Å². The van der Waals surface area contributed by atoms with Gasteiger partial charge in [-0.2, -0.15) is 0 Å². The van der Waals surface area contributed by atoms with E-state index in [1.165, 1.54) is 76.3 Å². The zero-order valence-electron chi connectivity index (χ0n) is 16.5. The Bertz CT molecular complexity index is 419. The minimum atomic E-state index is 1.10. The van der Waals surface area contributed by atoms with Crippen molar-refractivity contribution in [2.75, 3.05) is 27.2 Å². The van der Waals surface area contributed by atoms with Gasteiger partial charge in [0.2, 0.25) is 0 Å². The van der Waals surface area contributed by atoms with Crippen LogP contribution in [0.4, 0.5) is 0 Å². The van der Waals surface area contributed by atoms with Gasteiger partial charge < -0.3 is 4.48 Å². The largest absolute Gasteiger partial charge is 0.325 e. The van der Waals surface area contributed by atoms with Crippen LogP contribution in [-0.2, 0) is 0 Å². The molecule has 0 radical (unpaired) electrons. The molecule has 0 spiro atoms. The van der Waals surface area contributed by atoms with Crippen LogP contribution in [0.15, 0.2) is 36.4 Å². The molecule has 0 aliphatic heterocycles. The van der Waals surface area contributed by atoms with Gasteiger partial charge >= 0.3 is 0 Å². The summed E-state index contributed by atoms with van der Waals surface area (Å²) in [5, 5.41) is 0. The predicted molar refractivity (Wildman–Crippen MR) is 109 cm³/mol. The van der Waals surface area contributed by atoms with Crippen molar-refractivity contribution in [3.63, 3.8) is 0 Å². The molecule has 1 aromatic carbocycles. The third-order valence-electron chi connectivity index (χ3n) is 4.83. The molecule has 0 aliphatic carbocycles. The minimum absolute atomic E-state index is 1.10. The number of benzene rings is 1. The highest BCUT2D eigenvalue weighted by Gasteiger charge is 2.11. The smallest absolute Gasteiger partial charge is 0.0972 e. The molecule has 1 heteroatoms. The maximum atomic E-state index is 2.35. The Morgan fingerprint density at radius 1 is 0.750 bits per heavy atom. The van der Waals surface area contributed by atoms with E-state index in [-0.39, 0.29) is 0 Å². The fourth-order valence-corrected chi connectivity index (χ4v) is 3.16. The zero-order valence-corrected chi connectivity index (χ0v) is 16.5. The number of rotatable bonds is 14. The summed E-state index contributed by atoms with van der Waals surface area (Å²) >= 11 is 0. The van der Waals surface area contributed by atoms with Crippen LogP contribution in [0, 0.1) is 0 Å². The second-order valence-corrected chi connectivity index (χ2v) is 7.84. The lowest BCUT2D eigenvalue weighted by molar-refractivity contribution is -0.884. The quantitative estimate of drug-likeness (QED) is 0.263. The van der Waals surface area contributed by atoms with Gasteiger partial charge in [-0.15, -0.1) is 0 Å². The Hall–Kier alpha value is -1.08. The lowest BCUT2D eigenvalue weighted by Gasteiger charge is -2.28. The van der Waals surface area contributed by atoms with Crippen molar-refractivity contribution in [3.05, 3.63) is 42.0 Å². The summed E-state index contributed by atoms with van der Waals surface area (Å²) in [5.74, 6) is 0. The van der Waals surface area contributed by atoms with Gasteiger partial charge in [0.15, 0.2) is 0 Å². The van der Waals surface area contributed by atoms with E-state index in [2.05, 4.69) is 63.5 Å². The van der Waals surface area contributed by atoms with Gasteiger partial charge in [-0.25, -0.2) is 0 Å². The Kier molecular flexibility index (Phi) is 11.6. The van der Waals surface area contributed by atoms with E-state index in [0.29, 0.717) is 0 Å². The summed E-state index contributed by atoms with van der Waals surface area (Å²) < 4.78 is 1.10. The molecule has 24 heavy (non-hydrogen) atoms. The molecule has 0 fully saturated rings. The SMILES string of the molecule is CCCCCCCCCCCC[N+](C)(C)CC=Cc1ccccc1. The van der Waals surface area contributed by atoms with Crippen molar-refractivity contribution in [1.29, 1.82) is 0 Å². The first kappa shape index (κ1) is 21.0. The highest BCUT2D eigenvalue weighted by Crippen LogP contribution is 2.12. The molecule has 136 valence electrons. The van der Waals surface area contributed by atoms with Gasteiger partial charge in [-0.3, -0.25) is 0 Å². The predicted octanol–water partition coefficient (Wildman–Crippen LogP) is 6.70. The second kappa shape index (κ2) is 13.2. The topological polar surface area (TPSA) is 0 Å². The van der Waals surface area contributed by atoms with Crippen LogP contribution < -0.4 is 0 Å². The van der Waals surface area contributed by atoms with Crippen LogP contribution in [0.5, 0.6) is 0 Å². The van der Waals surface area contributed by atoms with Crippen molar-refractivity contribution >= 4 is 6.08 Å². The number of nitrogens with zero attached hydrogens (tertiary/aromatic N) is 1. The molecule has 0 saturated heterocycles. The second-order valence-electron chi connectivity index (χ2n) is 7.84. The van der Waals surface area contributed by atoms with E-state index < -0.39 is 0 Å². The normalized spacial score (nSPS) is 12.1. The maximum Gasteiger partial charge on any atom is 0.0972 e.